The molecule has 0 aromatic carbocycles. The van der Waals surface area contributed by atoms with Gasteiger partial charge in [0.1, 0.15) is 0 Å². The maximum Gasteiger partial charge on any atom is 0.0593 e. The van der Waals surface area contributed by atoms with Gasteiger partial charge < -0.3 is 9.64 Å². The lowest BCUT2D eigenvalue weighted by Gasteiger charge is -2.29. The van der Waals surface area contributed by atoms with E-state index in [9.17, 15) is 0 Å². The molecule has 23 heavy (non-hydrogen) atoms. The highest BCUT2D eigenvalue weighted by Gasteiger charge is 2.19. The number of ether oxygens (including phenoxy) is 1. The molecule has 4 heteroatoms. The molecule has 1 aliphatic heterocycles. The minimum atomic E-state index is 0.870. The molecule has 0 spiro atoms. The average Bonchev–Trinajstić information content (AvgIpc) is 3.28. The molecular formula is C19H25NOS2. The molecule has 3 heterocycles. The van der Waals surface area contributed by atoms with Crippen LogP contribution in [0.25, 0.3) is 5.57 Å². The van der Waals surface area contributed by atoms with Gasteiger partial charge in [0.25, 0.3) is 0 Å². The van der Waals surface area contributed by atoms with Crippen LogP contribution in [0.1, 0.15) is 37.3 Å². The Balaban J connectivity index is 1.66. The minimum Gasteiger partial charge on any atom is -0.380 e. The van der Waals surface area contributed by atoms with Crippen molar-refractivity contribution in [3.8, 4) is 0 Å². The molecule has 1 saturated heterocycles. The molecule has 0 amide bonds. The first-order valence-corrected chi connectivity index (χ1v) is 10.3. The van der Waals surface area contributed by atoms with E-state index in [-0.39, 0.29) is 0 Å². The predicted octanol–water partition coefficient (Wildman–Crippen LogP) is 5.13. The molecule has 0 N–H and O–H groups in total. The van der Waals surface area contributed by atoms with Crippen LogP contribution in [0.5, 0.6) is 0 Å². The molecule has 0 aliphatic carbocycles. The Hall–Kier alpha value is -0.940. The third-order valence-electron chi connectivity index (χ3n) is 4.33. The molecule has 124 valence electrons. The van der Waals surface area contributed by atoms with E-state index in [0.717, 1.165) is 39.3 Å². The van der Waals surface area contributed by atoms with Crippen LogP contribution in [-0.4, -0.2) is 37.7 Å². The average molecular weight is 348 g/mol. The number of thiophene rings is 2. The number of hydrogen-bond donors (Lipinski definition) is 0. The molecule has 0 atom stereocenters. The van der Waals surface area contributed by atoms with Crippen molar-refractivity contribution in [3.05, 3.63) is 50.4 Å². The SMILES string of the molecule is CCCOCCN1CCC(=C(c2ccsc2)c2ccsc2)CC1. The van der Waals surface area contributed by atoms with Crippen LogP contribution in [0.2, 0.25) is 0 Å². The standard InChI is InChI=1S/C19H25NOS2/c1-2-10-21-11-9-20-7-3-16(4-8-20)19(17-5-12-22-14-17)18-6-13-23-15-18/h5-6,12-15H,2-4,7-11H2,1H3. The fourth-order valence-electron chi connectivity index (χ4n) is 3.12. The van der Waals surface area contributed by atoms with Crippen LogP contribution < -0.4 is 0 Å². The quantitative estimate of drug-likeness (QED) is 0.644. The number of piperidine rings is 1. The van der Waals surface area contributed by atoms with E-state index >= 15 is 0 Å². The second kappa shape index (κ2) is 8.78. The van der Waals surface area contributed by atoms with Gasteiger partial charge in [0.15, 0.2) is 0 Å². The second-order valence-electron chi connectivity index (χ2n) is 5.96. The summed E-state index contributed by atoms with van der Waals surface area (Å²) in [5, 5.41) is 8.93. The lowest BCUT2D eigenvalue weighted by molar-refractivity contribution is 0.101. The molecule has 2 aromatic heterocycles. The van der Waals surface area contributed by atoms with Gasteiger partial charge in [0.05, 0.1) is 6.61 Å². The van der Waals surface area contributed by atoms with Crippen molar-refractivity contribution < 1.29 is 4.74 Å². The smallest absolute Gasteiger partial charge is 0.0593 e. The molecule has 0 saturated carbocycles. The number of hydrogen-bond acceptors (Lipinski definition) is 4. The van der Waals surface area contributed by atoms with Crippen LogP contribution in [0, 0.1) is 0 Å². The Bertz CT molecular complexity index is 555. The van der Waals surface area contributed by atoms with Crippen molar-refractivity contribution >= 4 is 28.2 Å². The van der Waals surface area contributed by atoms with Gasteiger partial charge in [0, 0.05) is 26.2 Å². The number of rotatable bonds is 7. The molecule has 2 nitrogen and oxygen atoms in total. The molecular weight excluding hydrogens is 322 g/mol. The lowest BCUT2D eigenvalue weighted by Crippen LogP contribution is -2.34. The fourth-order valence-corrected chi connectivity index (χ4v) is 4.42. The Morgan fingerprint density at radius 1 is 1.04 bits per heavy atom. The third-order valence-corrected chi connectivity index (χ3v) is 5.70. The molecule has 0 bridgehead atoms. The Morgan fingerprint density at radius 2 is 1.70 bits per heavy atom. The van der Waals surface area contributed by atoms with E-state index in [2.05, 4.69) is 45.5 Å². The van der Waals surface area contributed by atoms with Crippen molar-refractivity contribution in [1.29, 1.82) is 0 Å². The minimum absolute atomic E-state index is 0.870. The van der Waals surface area contributed by atoms with Gasteiger partial charge >= 0.3 is 0 Å². The summed E-state index contributed by atoms with van der Waals surface area (Å²) in [6.07, 6.45) is 3.46. The summed E-state index contributed by atoms with van der Waals surface area (Å²) >= 11 is 3.58. The lowest BCUT2D eigenvalue weighted by atomic mass is 9.91. The summed E-state index contributed by atoms with van der Waals surface area (Å²) in [5.41, 5.74) is 5.88. The zero-order chi connectivity index (χ0) is 15.9. The van der Waals surface area contributed by atoms with Gasteiger partial charge in [0.2, 0.25) is 0 Å². The van der Waals surface area contributed by atoms with Crippen molar-refractivity contribution in [2.45, 2.75) is 26.2 Å². The largest absolute Gasteiger partial charge is 0.380 e. The van der Waals surface area contributed by atoms with Gasteiger partial charge in [-0.2, -0.15) is 22.7 Å². The van der Waals surface area contributed by atoms with E-state index in [1.165, 1.54) is 29.5 Å². The summed E-state index contributed by atoms with van der Waals surface area (Å²) < 4.78 is 5.63. The molecule has 0 unspecified atom stereocenters. The van der Waals surface area contributed by atoms with Gasteiger partial charge in [-0.25, -0.2) is 0 Å². The first-order chi connectivity index (χ1) is 11.4. The summed E-state index contributed by atoms with van der Waals surface area (Å²) in [7, 11) is 0. The Morgan fingerprint density at radius 3 is 2.22 bits per heavy atom. The van der Waals surface area contributed by atoms with Crippen molar-refractivity contribution in [2.24, 2.45) is 0 Å². The molecule has 3 rings (SSSR count). The fraction of sp³-hybridized carbons (Fsp3) is 0.474. The maximum atomic E-state index is 5.63. The first-order valence-electron chi connectivity index (χ1n) is 8.45. The van der Waals surface area contributed by atoms with Gasteiger partial charge in [-0.15, -0.1) is 0 Å². The summed E-state index contributed by atoms with van der Waals surface area (Å²) in [6.45, 7) is 7.30. The van der Waals surface area contributed by atoms with E-state index < -0.39 is 0 Å². The van der Waals surface area contributed by atoms with Crippen LogP contribution >= 0.6 is 22.7 Å². The first kappa shape index (κ1) is 16.9. The third kappa shape index (κ3) is 4.54. The molecule has 1 aliphatic rings. The number of nitrogens with zero attached hydrogens (tertiary/aromatic N) is 1. The topological polar surface area (TPSA) is 12.5 Å². The zero-order valence-electron chi connectivity index (χ0n) is 13.8. The van der Waals surface area contributed by atoms with E-state index in [4.69, 9.17) is 4.74 Å². The van der Waals surface area contributed by atoms with Gasteiger partial charge in [-0.05, 0) is 69.6 Å². The van der Waals surface area contributed by atoms with Crippen LogP contribution in [-0.2, 0) is 4.74 Å². The van der Waals surface area contributed by atoms with Crippen molar-refractivity contribution in [1.82, 2.24) is 4.90 Å². The van der Waals surface area contributed by atoms with E-state index in [1.807, 2.05) is 0 Å². The highest BCUT2D eigenvalue weighted by Crippen LogP contribution is 2.34. The normalized spacial score (nSPS) is 16.0. The van der Waals surface area contributed by atoms with Crippen molar-refractivity contribution in [2.75, 3.05) is 32.8 Å². The predicted molar refractivity (Wildman–Crippen MR) is 101 cm³/mol. The Kier molecular flexibility index (Phi) is 6.46. The van der Waals surface area contributed by atoms with Gasteiger partial charge in [-0.3, -0.25) is 0 Å². The summed E-state index contributed by atoms with van der Waals surface area (Å²) in [4.78, 5) is 2.54. The molecule has 1 fully saturated rings. The van der Waals surface area contributed by atoms with Crippen LogP contribution in [0.15, 0.2) is 39.2 Å². The Labute approximate surface area is 147 Å². The van der Waals surface area contributed by atoms with E-state index in [1.54, 1.807) is 28.2 Å². The van der Waals surface area contributed by atoms with Crippen molar-refractivity contribution in [3.63, 3.8) is 0 Å². The van der Waals surface area contributed by atoms with E-state index in [0.29, 0.717) is 0 Å². The molecule has 0 radical (unpaired) electrons. The second-order valence-corrected chi connectivity index (χ2v) is 7.52. The van der Waals surface area contributed by atoms with Crippen LogP contribution in [0.4, 0.5) is 0 Å². The maximum absolute atomic E-state index is 5.63. The van der Waals surface area contributed by atoms with Gasteiger partial charge in [-0.1, -0.05) is 12.5 Å². The molecule has 2 aromatic rings. The summed E-state index contributed by atoms with van der Waals surface area (Å²) in [6, 6.07) is 4.52. The highest BCUT2D eigenvalue weighted by atomic mass is 32.1. The number of likely N-dealkylation sites (tertiary alicyclic amines) is 1. The highest BCUT2D eigenvalue weighted by molar-refractivity contribution is 7.08. The monoisotopic (exact) mass is 347 g/mol. The zero-order valence-corrected chi connectivity index (χ0v) is 15.4. The summed E-state index contributed by atoms with van der Waals surface area (Å²) in [5.74, 6) is 0. The van der Waals surface area contributed by atoms with Crippen LogP contribution in [0.3, 0.4) is 0 Å².